The van der Waals surface area contributed by atoms with Crippen molar-refractivity contribution in [2.24, 2.45) is 0 Å². The van der Waals surface area contributed by atoms with Gasteiger partial charge in [-0.2, -0.15) is 0 Å². The van der Waals surface area contributed by atoms with Gasteiger partial charge in [-0.25, -0.2) is 0 Å². The minimum absolute atomic E-state index is 0.917. The quantitative estimate of drug-likeness (QED) is 0.142. The van der Waals surface area contributed by atoms with Crippen molar-refractivity contribution in [1.82, 2.24) is 0 Å². The van der Waals surface area contributed by atoms with Crippen LogP contribution in [-0.2, 0) is 0 Å². The minimum Gasteiger partial charge on any atom is -0.458 e. The molecule has 0 radical (unpaired) electrons. The molecule has 0 aliphatic carbocycles. The highest BCUT2D eigenvalue weighted by molar-refractivity contribution is 7.20. The van der Waals surface area contributed by atoms with Crippen molar-refractivity contribution in [3.05, 3.63) is 249 Å². The zero-order valence-electron chi connectivity index (χ0n) is 33.5. The molecule has 0 saturated heterocycles. The smallest absolute Gasteiger partial charge is 0.188 e. The summed E-state index contributed by atoms with van der Waals surface area (Å²) >= 11 is 0. The van der Waals surface area contributed by atoms with Crippen LogP contribution in [0.15, 0.2) is 249 Å². The lowest BCUT2D eigenvalue weighted by molar-refractivity contribution is 0.487. The first-order chi connectivity index (χ1) is 30.2. The highest BCUT2D eigenvalue weighted by atomic mass is 28.3. The fraction of sp³-hybridized carbons (Fsp3) is 0. The molecule has 0 amide bonds. The number of ether oxygens (including phenoxy) is 1. The summed E-state index contributed by atoms with van der Waals surface area (Å²) in [5, 5.41) is 7.58. The van der Waals surface area contributed by atoms with E-state index in [4.69, 9.17) is 4.74 Å². The monoisotopic (exact) mass is 795 g/mol. The van der Waals surface area contributed by atoms with Crippen LogP contribution in [0.2, 0.25) is 0 Å². The van der Waals surface area contributed by atoms with E-state index >= 15 is 0 Å². The van der Waals surface area contributed by atoms with Crippen LogP contribution in [0.3, 0.4) is 0 Å². The van der Waals surface area contributed by atoms with Crippen molar-refractivity contribution in [1.29, 1.82) is 0 Å². The van der Waals surface area contributed by atoms with Crippen LogP contribution < -0.4 is 30.4 Å². The average Bonchev–Trinajstić information content (AvgIpc) is 3.34. The standard InChI is InChI=1S/C58H41NOSi/c1-3-16-42(17-4-1)44-32-36-48(37-33-44)59(49-38-34-46(35-39-49)54-27-14-21-45-20-7-8-26-53(45)54)50-23-15-25-52(41-50)61(51-24-13-22-47(40-51)43-18-5-2-6-19-43)57-30-11-9-28-55(57)60-56-29-10-12-31-58(56)61/h1-41H. The summed E-state index contributed by atoms with van der Waals surface area (Å²) in [7, 11) is -3.00. The van der Waals surface area contributed by atoms with Gasteiger partial charge in [0.25, 0.3) is 0 Å². The number of nitrogens with zero attached hydrogens (tertiary/aromatic N) is 1. The minimum atomic E-state index is -3.00. The molecular weight excluding hydrogens is 755 g/mol. The van der Waals surface area contributed by atoms with E-state index in [9.17, 15) is 0 Å². The van der Waals surface area contributed by atoms with Crippen LogP contribution >= 0.6 is 0 Å². The van der Waals surface area contributed by atoms with Crippen LogP contribution in [0, 0.1) is 0 Å². The van der Waals surface area contributed by atoms with Gasteiger partial charge < -0.3 is 9.64 Å². The summed E-state index contributed by atoms with van der Waals surface area (Å²) in [6, 6.07) is 90.5. The lowest BCUT2D eigenvalue weighted by Crippen LogP contribution is -2.76. The molecule has 61 heavy (non-hydrogen) atoms. The Hall–Kier alpha value is -7.72. The maximum Gasteiger partial charge on any atom is 0.188 e. The fourth-order valence-electron chi connectivity index (χ4n) is 9.37. The van der Waals surface area contributed by atoms with Gasteiger partial charge in [-0.15, -0.1) is 0 Å². The Labute approximate surface area is 358 Å². The van der Waals surface area contributed by atoms with E-state index < -0.39 is 8.07 Å². The average molecular weight is 796 g/mol. The lowest BCUT2D eigenvalue weighted by atomic mass is 9.98. The summed E-state index contributed by atoms with van der Waals surface area (Å²) in [6.45, 7) is 0. The number of benzene rings is 10. The second-order valence-electron chi connectivity index (χ2n) is 15.7. The zero-order valence-corrected chi connectivity index (χ0v) is 34.5. The Morgan fingerprint density at radius 1 is 0.311 bits per heavy atom. The molecule has 0 bridgehead atoms. The predicted molar refractivity (Wildman–Crippen MR) is 259 cm³/mol. The number of anilines is 3. The maximum atomic E-state index is 6.75. The van der Waals surface area contributed by atoms with Crippen molar-refractivity contribution >= 4 is 56.7 Å². The van der Waals surface area contributed by atoms with E-state index in [0.717, 1.165) is 28.6 Å². The molecule has 0 spiro atoms. The Morgan fingerprint density at radius 3 is 1.46 bits per heavy atom. The topological polar surface area (TPSA) is 12.5 Å². The molecule has 0 saturated carbocycles. The van der Waals surface area contributed by atoms with Crippen LogP contribution in [-0.4, -0.2) is 8.07 Å². The second-order valence-corrected chi connectivity index (χ2v) is 19.4. The van der Waals surface area contributed by atoms with Crippen LogP contribution in [0.4, 0.5) is 17.1 Å². The van der Waals surface area contributed by atoms with Gasteiger partial charge in [-0.3, -0.25) is 0 Å². The van der Waals surface area contributed by atoms with E-state index in [1.807, 2.05) is 0 Å². The Morgan fingerprint density at radius 2 is 0.787 bits per heavy atom. The highest BCUT2D eigenvalue weighted by Gasteiger charge is 2.48. The molecule has 3 heteroatoms. The van der Waals surface area contributed by atoms with Crippen molar-refractivity contribution in [2.45, 2.75) is 0 Å². The lowest BCUT2D eigenvalue weighted by Gasteiger charge is -2.40. The normalized spacial score (nSPS) is 12.5. The van der Waals surface area contributed by atoms with E-state index in [2.05, 4.69) is 254 Å². The molecule has 0 unspecified atom stereocenters. The maximum absolute atomic E-state index is 6.75. The van der Waals surface area contributed by atoms with Crippen LogP contribution in [0.5, 0.6) is 11.5 Å². The first kappa shape index (κ1) is 36.4. The number of rotatable bonds is 8. The van der Waals surface area contributed by atoms with Gasteiger partial charge in [-0.1, -0.05) is 200 Å². The Bertz CT molecular complexity index is 3110. The first-order valence-electron chi connectivity index (χ1n) is 20.9. The first-order valence-corrected chi connectivity index (χ1v) is 22.9. The summed E-state index contributed by atoms with van der Waals surface area (Å²) in [6.07, 6.45) is 0. The van der Waals surface area contributed by atoms with Gasteiger partial charge in [0.05, 0.1) is 0 Å². The molecular formula is C58H41NOSi. The third-order valence-corrected chi connectivity index (χ3v) is 17.0. The van der Waals surface area contributed by atoms with Gasteiger partial charge in [0.2, 0.25) is 0 Å². The largest absolute Gasteiger partial charge is 0.458 e. The van der Waals surface area contributed by atoms with Gasteiger partial charge >= 0.3 is 0 Å². The number of hydrogen-bond acceptors (Lipinski definition) is 2. The SMILES string of the molecule is c1ccc(-c2ccc(N(c3ccc(-c4cccc5ccccc45)cc3)c3cccc([Si]4(c5cccc(-c6ccccc6)c5)c5ccccc5Oc5ccccc54)c3)cc2)cc1. The van der Waals surface area contributed by atoms with Crippen molar-refractivity contribution in [3.63, 3.8) is 0 Å². The summed E-state index contributed by atoms with van der Waals surface area (Å²) in [4.78, 5) is 2.41. The number of hydrogen-bond donors (Lipinski definition) is 0. The molecule has 0 atom stereocenters. The predicted octanol–water partition coefficient (Wildman–Crippen LogP) is 12.8. The van der Waals surface area contributed by atoms with Gasteiger partial charge in [0.1, 0.15) is 11.5 Å². The molecule has 10 aromatic carbocycles. The molecule has 10 aromatic rings. The van der Waals surface area contributed by atoms with Crippen molar-refractivity contribution < 1.29 is 4.74 Å². The molecule has 288 valence electrons. The molecule has 1 heterocycles. The van der Waals surface area contributed by atoms with Crippen LogP contribution in [0.1, 0.15) is 0 Å². The Kier molecular flexibility index (Phi) is 9.22. The van der Waals surface area contributed by atoms with Crippen molar-refractivity contribution in [2.75, 3.05) is 4.90 Å². The van der Waals surface area contributed by atoms with Gasteiger partial charge in [0.15, 0.2) is 8.07 Å². The van der Waals surface area contributed by atoms with E-state index in [1.54, 1.807) is 0 Å². The Balaban J connectivity index is 1.12. The highest BCUT2D eigenvalue weighted by Crippen LogP contribution is 2.38. The number of para-hydroxylation sites is 2. The number of fused-ring (bicyclic) bond motifs is 3. The molecule has 0 fully saturated rings. The molecule has 11 rings (SSSR count). The van der Waals surface area contributed by atoms with Crippen LogP contribution in [0.25, 0.3) is 44.2 Å². The van der Waals surface area contributed by atoms with Gasteiger partial charge in [0, 0.05) is 17.1 Å². The third-order valence-electron chi connectivity index (χ3n) is 12.2. The van der Waals surface area contributed by atoms with Crippen molar-refractivity contribution in [3.8, 4) is 44.9 Å². The summed E-state index contributed by atoms with van der Waals surface area (Å²) in [5.74, 6) is 1.83. The summed E-state index contributed by atoms with van der Waals surface area (Å²) < 4.78 is 6.75. The molecule has 1 aliphatic heterocycles. The molecule has 0 N–H and O–H groups in total. The molecule has 2 nitrogen and oxygen atoms in total. The molecule has 0 aromatic heterocycles. The van der Waals surface area contributed by atoms with Gasteiger partial charge in [-0.05, 0) is 113 Å². The van der Waals surface area contributed by atoms with E-state index in [1.165, 1.54) is 64.9 Å². The van der Waals surface area contributed by atoms with E-state index in [-0.39, 0.29) is 0 Å². The van der Waals surface area contributed by atoms with E-state index in [0.29, 0.717) is 0 Å². The second kappa shape index (κ2) is 15.5. The fourth-order valence-corrected chi connectivity index (χ4v) is 14.4. The zero-order chi connectivity index (χ0) is 40.6. The summed E-state index contributed by atoms with van der Waals surface area (Å²) in [5.41, 5.74) is 10.5. The molecule has 1 aliphatic rings. The third kappa shape index (κ3) is 6.44.